The fourth-order valence-corrected chi connectivity index (χ4v) is 2.97. The van der Waals surface area contributed by atoms with Crippen LogP contribution in [0.3, 0.4) is 0 Å². The highest BCUT2D eigenvalue weighted by molar-refractivity contribution is 6.00. The second-order valence-corrected chi connectivity index (χ2v) is 5.87. The molecule has 0 aliphatic carbocycles. The summed E-state index contributed by atoms with van der Waals surface area (Å²) < 4.78 is 0. The van der Waals surface area contributed by atoms with E-state index in [2.05, 4.69) is 29.7 Å². The lowest BCUT2D eigenvalue weighted by Crippen LogP contribution is -2.15. The summed E-state index contributed by atoms with van der Waals surface area (Å²) in [4.78, 5) is 23.7. The maximum Gasteiger partial charge on any atom is 0.228 e. The van der Waals surface area contributed by atoms with Gasteiger partial charge in [-0.1, -0.05) is 37.3 Å². The van der Waals surface area contributed by atoms with Gasteiger partial charge in [-0.15, -0.1) is 0 Å². The Hall–Kier alpha value is -2.62. The molecule has 1 heterocycles. The van der Waals surface area contributed by atoms with Crippen LogP contribution < -0.4 is 10.6 Å². The predicted octanol–water partition coefficient (Wildman–Crippen LogP) is 3.70. The number of rotatable bonds is 5. The summed E-state index contributed by atoms with van der Waals surface area (Å²) in [5.74, 6) is 0.213. The zero-order chi connectivity index (χ0) is 16.2. The van der Waals surface area contributed by atoms with Crippen molar-refractivity contribution in [1.29, 1.82) is 0 Å². The average Bonchev–Trinajstić information content (AvgIpc) is 2.92. The van der Waals surface area contributed by atoms with Crippen molar-refractivity contribution in [3.05, 3.63) is 59.7 Å². The van der Waals surface area contributed by atoms with E-state index in [0.29, 0.717) is 12.8 Å². The molecule has 0 aromatic heterocycles. The molecule has 0 unspecified atom stereocenters. The molecule has 2 aromatic carbocycles. The van der Waals surface area contributed by atoms with Crippen molar-refractivity contribution < 1.29 is 9.59 Å². The molecule has 0 bridgehead atoms. The molecule has 4 heteroatoms. The number of hydrogen-bond acceptors (Lipinski definition) is 2. The normalized spacial score (nSPS) is 14.0. The molecule has 118 valence electrons. The van der Waals surface area contributed by atoms with Crippen LogP contribution in [0.1, 0.15) is 36.8 Å². The van der Waals surface area contributed by atoms with Gasteiger partial charge in [-0.3, -0.25) is 9.59 Å². The highest BCUT2D eigenvalue weighted by atomic mass is 16.2. The monoisotopic (exact) mass is 308 g/mol. The molecule has 4 nitrogen and oxygen atoms in total. The first-order valence-corrected chi connectivity index (χ1v) is 7.93. The molecule has 3 rings (SSSR count). The molecular weight excluding hydrogens is 288 g/mol. The Balaban J connectivity index is 1.65. The summed E-state index contributed by atoms with van der Waals surface area (Å²) in [6.07, 6.45) is 1.75. The molecule has 2 aromatic rings. The van der Waals surface area contributed by atoms with Gasteiger partial charge in [-0.05, 0) is 41.7 Å². The minimum absolute atomic E-state index is 0.00130. The smallest absolute Gasteiger partial charge is 0.228 e. The van der Waals surface area contributed by atoms with E-state index < -0.39 is 0 Å². The van der Waals surface area contributed by atoms with E-state index in [1.54, 1.807) is 0 Å². The Morgan fingerprint density at radius 2 is 2.00 bits per heavy atom. The third kappa shape index (κ3) is 3.59. The molecule has 1 atom stereocenters. The third-order valence-electron chi connectivity index (χ3n) is 4.21. The summed E-state index contributed by atoms with van der Waals surface area (Å²) in [7, 11) is 0. The van der Waals surface area contributed by atoms with E-state index in [4.69, 9.17) is 0 Å². The zero-order valence-electron chi connectivity index (χ0n) is 13.1. The van der Waals surface area contributed by atoms with Crippen LogP contribution in [-0.4, -0.2) is 11.8 Å². The van der Waals surface area contributed by atoms with Gasteiger partial charge < -0.3 is 10.6 Å². The Bertz CT molecular complexity index is 725. The van der Waals surface area contributed by atoms with Crippen LogP contribution in [0.5, 0.6) is 0 Å². The van der Waals surface area contributed by atoms with Gasteiger partial charge in [0.2, 0.25) is 11.8 Å². The number of amides is 2. The highest BCUT2D eigenvalue weighted by Gasteiger charge is 2.19. The van der Waals surface area contributed by atoms with E-state index in [9.17, 15) is 9.59 Å². The molecule has 0 radical (unpaired) electrons. The Morgan fingerprint density at radius 1 is 1.22 bits per heavy atom. The van der Waals surface area contributed by atoms with Gasteiger partial charge >= 0.3 is 0 Å². The Morgan fingerprint density at radius 3 is 2.74 bits per heavy atom. The molecule has 23 heavy (non-hydrogen) atoms. The van der Waals surface area contributed by atoms with Gasteiger partial charge in [0.15, 0.2) is 0 Å². The molecule has 0 spiro atoms. The van der Waals surface area contributed by atoms with Crippen LogP contribution in [0, 0.1) is 0 Å². The summed E-state index contributed by atoms with van der Waals surface area (Å²) in [6.45, 7) is 2.09. The number of anilines is 2. The van der Waals surface area contributed by atoms with E-state index >= 15 is 0 Å². The molecular formula is C19H20N2O2. The van der Waals surface area contributed by atoms with Crippen LogP contribution in [-0.2, 0) is 16.0 Å². The van der Waals surface area contributed by atoms with E-state index in [1.807, 2.05) is 36.4 Å². The van der Waals surface area contributed by atoms with Crippen LogP contribution in [0.15, 0.2) is 48.5 Å². The first-order valence-electron chi connectivity index (χ1n) is 7.93. The third-order valence-corrected chi connectivity index (χ3v) is 4.21. The number of carbonyl (C=O) groups excluding carboxylic acids is 2. The van der Waals surface area contributed by atoms with Crippen molar-refractivity contribution in [2.75, 3.05) is 10.6 Å². The van der Waals surface area contributed by atoms with Crippen molar-refractivity contribution in [1.82, 2.24) is 0 Å². The van der Waals surface area contributed by atoms with Crippen LogP contribution in [0.4, 0.5) is 11.4 Å². The second-order valence-electron chi connectivity index (χ2n) is 5.87. The van der Waals surface area contributed by atoms with Crippen LogP contribution in [0.25, 0.3) is 0 Å². The first-order chi connectivity index (χ1) is 11.2. The van der Waals surface area contributed by atoms with Crippen molar-refractivity contribution in [3.63, 3.8) is 0 Å². The van der Waals surface area contributed by atoms with Crippen molar-refractivity contribution in [2.24, 2.45) is 0 Å². The lowest BCUT2D eigenvalue weighted by atomic mass is 9.93. The van der Waals surface area contributed by atoms with Gasteiger partial charge in [-0.25, -0.2) is 0 Å². The van der Waals surface area contributed by atoms with Gasteiger partial charge in [0, 0.05) is 17.8 Å². The van der Waals surface area contributed by atoms with E-state index in [0.717, 1.165) is 23.4 Å². The van der Waals surface area contributed by atoms with Gasteiger partial charge in [0.1, 0.15) is 0 Å². The minimum atomic E-state index is -0.00191. The lowest BCUT2D eigenvalue weighted by Gasteiger charge is -2.15. The van der Waals surface area contributed by atoms with Gasteiger partial charge in [0.05, 0.1) is 6.42 Å². The zero-order valence-corrected chi connectivity index (χ0v) is 13.1. The molecule has 1 aliphatic rings. The molecule has 0 fully saturated rings. The summed E-state index contributed by atoms with van der Waals surface area (Å²) in [5, 5.41) is 5.73. The number of benzene rings is 2. The summed E-state index contributed by atoms with van der Waals surface area (Å²) in [5.41, 5.74) is 3.70. The lowest BCUT2D eigenvalue weighted by molar-refractivity contribution is -0.116. The van der Waals surface area contributed by atoms with E-state index in [-0.39, 0.29) is 17.7 Å². The molecule has 1 aliphatic heterocycles. The maximum atomic E-state index is 12.3. The topological polar surface area (TPSA) is 58.2 Å². The molecule has 0 saturated heterocycles. The number of nitrogens with one attached hydrogen (secondary N) is 2. The average molecular weight is 308 g/mol. The van der Waals surface area contributed by atoms with Crippen LogP contribution in [0.2, 0.25) is 0 Å². The SMILES string of the molecule is CC[C@H](CC(=O)Nc1ccc2c(c1)CC(=O)N2)c1ccccc1. The van der Waals surface area contributed by atoms with Crippen molar-refractivity contribution in [3.8, 4) is 0 Å². The summed E-state index contributed by atoms with van der Waals surface area (Å²) >= 11 is 0. The predicted molar refractivity (Wildman–Crippen MR) is 91.5 cm³/mol. The second kappa shape index (κ2) is 6.65. The maximum absolute atomic E-state index is 12.3. The van der Waals surface area contributed by atoms with Gasteiger partial charge in [-0.2, -0.15) is 0 Å². The Labute approximate surface area is 135 Å². The molecule has 2 amide bonds. The van der Waals surface area contributed by atoms with E-state index in [1.165, 1.54) is 5.56 Å². The number of carbonyl (C=O) groups is 2. The fourth-order valence-electron chi connectivity index (χ4n) is 2.97. The molecule has 0 saturated carbocycles. The fraction of sp³-hybridized carbons (Fsp3) is 0.263. The largest absolute Gasteiger partial charge is 0.326 e. The standard InChI is InChI=1S/C19H20N2O2/c1-2-13(14-6-4-3-5-7-14)11-18(22)20-16-8-9-17-15(10-16)12-19(23)21-17/h3-10,13H,2,11-12H2,1H3,(H,20,22)(H,21,23)/t13-/m1/s1. The minimum Gasteiger partial charge on any atom is -0.326 e. The van der Waals surface area contributed by atoms with Crippen molar-refractivity contribution in [2.45, 2.75) is 32.1 Å². The quantitative estimate of drug-likeness (QED) is 0.884. The Kier molecular flexibility index (Phi) is 4.42. The van der Waals surface area contributed by atoms with Crippen LogP contribution >= 0.6 is 0 Å². The van der Waals surface area contributed by atoms with Gasteiger partial charge in [0.25, 0.3) is 0 Å². The van der Waals surface area contributed by atoms with Crippen molar-refractivity contribution >= 4 is 23.2 Å². The highest BCUT2D eigenvalue weighted by Crippen LogP contribution is 2.27. The molecule has 2 N–H and O–H groups in total. The summed E-state index contributed by atoms with van der Waals surface area (Å²) in [6, 6.07) is 15.6. The first kappa shape index (κ1) is 15.3. The number of fused-ring (bicyclic) bond motifs is 1. The number of hydrogen-bond donors (Lipinski definition) is 2.